The first-order valence-corrected chi connectivity index (χ1v) is 7.96. The summed E-state index contributed by atoms with van der Waals surface area (Å²) in [6.07, 6.45) is 1.69. The summed E-state index contributed by atoms with van der Waals surface area (Å²) in [6.45, 7) is 1.19. The van der Waals surface area contributed by atoms with Gasteiger partial charge in [0.15, 0.2) is 0 Å². The van der Waals surface area contributed by atoms with Crippen molar-refractivity contribution in [3.05, 3.63) is 17.5 Å². The molecule has 1 fully saturated rings. The third kappa shape index (κ3) is 2.34. The second-order valence-corrected chi connectivity index (χ2v) is 6.06. The van der Waals surface area contributed by atoms with E-state index in [4.69, 9.17) is 16.0 Å². The number of nitrogens with two attached hydrogens (primary N) is 2. The van der Waals surface area contributed by atoms with Crippen LogP contribution in [0.15, 0.2) is 6.20 Å². The molecule has 0 saturated carbocycles. The number of rotatable bonds is 5. The molecule has 2 bridgehead atoms. The summed E-state index contributed by atoms with van der Waals surface area (Å²) in [5.41, 5.74) is 12.4. The van der Waals surface area contributed by atoms with E-state index in [-0.39, 0.29) is 13.1 Å². The molecule has 2 aliphatic heterocycles. The Bertz CT molecular complexity index is 703. The van der Waals surface area contributed by atoms with Gasteiger partial charge in [-0.1, -0.05) is 0 Å². The predicted octanol–water partition coefficient (Wildman–Crippen LogP) is -1.63. The molecule has 0 aliphatic carbocycles. The van der Waals surface area contributed by atoms with Gasteiger partial charge in [-0.3, -0.25) is 9.23 Å². The first-order valence-electron chi connectivity index (χ1n) is 6.60. The summed E-state index contributed by atoms with van der Waals surface area (Å²) in [6, 6.07) is -1.84. The van der Waals surface area contributed by atoms with Crippen LogP contribution < -0.4 is 11.5 Å². The van der Waals surface area contributed by atoms with Crippen LogP contribution in [0.4, 0.5) is 4.79 Å². The lowest BCUT2D eigenvalue weighted by molar-refractivity contribution is -0.0317. The van der Waals surface area contributed by atoms with Gasteiger partial charge >= 0.3 is 16.4 Å². The average molecular weight is 332 g/mol. The van der Waals surface area contributed by atoms with E-state index in [1.165, 1.54) is 4.90 Å². The van der Waals surface area contributed by atoms with Crippen LogP contribution in [-0.2, 0) is 21.2 Å². The summed E-state index contributed by atoms with van der Waals surface area (Å²) in [5.74, 6) is 0. The third-order valence-corrected chi connectivity index (χ3v) is 4.06. The topological polar surface area (TPSA) is 157 Å². The summed E-state index contributed by atoms with van der Waals surface area (Å²) >= 11 is 0. The fourth-order valence-electron chi connectivity index (χ4n) is 2.87. The summed E-state index contributed by atoms with van der Waals surface area (Å²) in [4.78, 5) is 13.6. The molecular weight excluding hydrogens is 316 g/mol. The van der Waals surface area contributed by atoms with Gasteiger partial charge in [0.2, 0.25) is 0 Å². The van der Waals surface area contributed by atoms with Crippen LogP contribution in [0.3, 0.4) is 0 Å². The number of nitrogens with zero attached hydrogens (tertiary/aromatic N) is 4. The summed E-state index contributed by atoms with van der Waals surface area (Å²) < 4.78 is 36.8. The van der Waals surface area contributed by atoms with Crippen LogP contribution in [0.25, 0.3) is 0 Å². The molecule has 11 nitrogen and oxygen atoms in total. The minimum atomic E-state index is -4.81. The molecule has 3 heterocycles. The number of carbonyl (C=O) groups excluding carboxylic acids is 1. The second-order valence-electron chi connectivity index (χ2n) is 5.05. The van der Waals surface area contributed by atoms with Gasteiger partial charge in [-0.2, -0.15) is 18.6 Å². The highest BCUT2D eigenvalue weighted by Gasteiger charge is 2.51. The molecule has 5 N–H and O–H groups in total. The van der Waals surface area contributed by atoms with Crippen molar-refractivity contribution < 1.29 is 22.0 Å². The number of amides is 2. The van der Waals surface area contributed by atoms with E-state index in [1.54, 1.807) is 10.9 Å². The molecule has 0 aromatic carbocycles. The van der Waals surface area contributed by atoms with E-state index >= 15 is 0 Å². The number of fused-ring (bicyclic) bond motifs is 4. The molecule has 122 valence electrons. The van der Waals surface area contributed by atoms with Crippen molar-refractivity contribution in [1.29, 1.82) is 0 Å². The van der Waals surface area contributed by atoms with E-state index in [2.05, 4.69) is 9.38 Å². The van der Waals surface area contributed by atoms with Crippen LogP contribution in [0.5, 0.6) is 0 Å². The average Bonchev–Trinajstić information content (AvgIpc) is 2.95. The van der Waals surface area contributed by atoms with E-state index in [1.807, 2.05) is 0 Å². The Morgan fingerprint density at radius 1 is 1.45 bits per heavy atom. The van der Waals surface area contributed by atoms with Crippen molar-refractivity contribution in [2.75, 3.05) is 19.6 Å². The fourth-order valence-corrected chi connectivity index (χ4v) is 3.24. The van der Waals surface area contributed by atoms with Crippen molar-refractivity contribution in [2.24, 2.45) is 11.5 Å². The molecule has 2 atom stereocenters. The molecule has 0 spiro atoms. The monoisotopic (exact) mass is 332 g/mol. The van der Waals surface area contributed by atoms with Gasteiger partial charge in [-0.15, -0.1) is 4.28 Å². The SMILES string of the molecule is NCCn1cc2c(n1)C(CN)N1C[C@H]2N(OS(=O)(=O)O)C1=O. The quantitative estimate of drug-likeness (QED) is 0.542. The zero-order chi connectivity index (χ0) is 16.1. The lowest BCUT2D eigenvalue weighted by atomic mass is 9.98. The minimum Gasteiger partial charge on any atom is -0.329 e. The van der Waals surface area contributed by atoms with E-state index in [0.29, 0.717) is 29.4 Å². The highest BCUT2D eigenvalue weighted by Crippen LogP contribution is 2.43. The van der Waals surface area contributed by atoms with Crippen molar-refractivity contribution in [3.63, 3.8) is 0 Å². The third-order valence-electron chi connectivity index (χ3n) is 3.71. The van der Waals surface area contributed by atoms with Crippen molar-refractivity contribution in [1.82, 2.24) is 19.7 Å². The van der Waals surface area contributed by atoms with Crippen LogP contribution >= 0.6 is 0 Å². The Morgan fingerprint density at radius 2 is 2.18 bits per heavy atom. The maximum atomic E-state index is 12.3. The number of hydrogen-bond acceptors (Lipinski definition) is 7. The molecule has 1 unspecified atom stereocenters. The first-order chi connectivity index (χ1) is 10.4. The van der Waals surface area contributed by atoms with Gasteiger partial charge in [0.05, 0.1) is 24.8 Å². The Morgan fingerprint density at radius 3 is 2.77 bits per heavy atom. The van der Waals surface area contributed by atoms with Crippen LogP contribution in [0.1, 0.15) is 23.3 Å². The lowest BCUT2D eigenvalue weighted by Gasteiger charge is -2.28. The number of hydrogen-bond donors (Lipinski definition) is 3. The molecule has 2 aliphatic rings. The van der Waals surface area contributed by atoms with Gasteiger partial charge in [0.25, 0.3) is 0 Å². The van der Waals surface area contributed by atoms with Crippen LogP contribution in [-0.4, -0.2) is 58.4 Å². The maximum Gasteiger partial charge on any atom is 0.418 e. The normalized spacial score (nSPS) is 24.0. The highest BCUT2D eigenvalue weighted by molar-refractivity contribution is 7.80. The molecule has 2 amide bonds. The Kier molecular flexibility index (Phi) is 3.57. The zero-order valence-electron chi connectivity index (χ0n) is 11.5. The van der Waals surface area contributed by atoms with Crippen molar-refractivity contribution in [3.8, 4) is 0 Å². The lowest BCUT2D eigenvalue weighted by Crippen LogP contribution is -2.38. The summed E-state index contributed by atoms with van der Waals surface area (Å²) in [5, 5.41) is 5.00. The fraction of sp³-hybridized carbons (Fsp3) is 0.600. The summed E-state index contributed by atoms with van der Waals surface area (Å²) in [7, 11) is -4.81. The molecule has 12 heteroatoms. The first kappa shape index (κ1) is 15.2. The standard InChI is InChI=1S/C10H16N6O5S/c11-1-2-14-4-6-8-5-15(7(3-12)9(6)13-14)10(17)16(8)21-22(18,19)20/h4,7-8H,1-3,5,11-12H2,(H,18,19,20)/t7?,8-/m1/s1. The number of carbonyl (C=O) groups is 1. The van der Waals surface area contributed by atoms with Gasteiger partial charge < -0.3 is 16.4 Å². The Balaban J connectivity index is 2.03. The van der Waals surface area contributed by atoms with Crippen molar-refractivity contribution >= 4 is 16.4 Å². The van der Waals surface area contributed by atoms with E-state index in [9.17, 15) is 13.2 Å². The molecule has 22 heavy (non-hydrogen) atoms. The molecule has 1 saturated heterocycles. The predicted molar refractivity (Wildman–Crippen MR) is 72.4 cm³/mol. The smallest absolute Gasteiger partial charge is 0.329 e. The van der Waals surface area contributed by atoms with Gasteiger partial charge in [-0.25, -0.2) is 4.79 Å². The Hall–Kier alpha value is -1.73. The second kappa shape index (κ2) is 5.17. The van der Waals surface area contributed by atoms with Crippen LogP contribution in [0.2, 0.25) is 0 Å². The number of hydroxylamine groups is 2. The van der Waals surface area contributed by atoms with Crippen LogP contribution in [0, 0.1) is 0 Å². The minimum absolute atomic E-state index is 0.130. The van der Waals surface area contributed by atoms with E-state index in [0.717, 1.165) is 0 Å². The van der Waals surface area contributed by atoms with Gasteiger partial charge in [-0.05, 0) is 0 Å². The highest BCUT2D eigenvalue weighted by atomic mass is 32.3. The molecule has 1 aromatic heterocycles. The largest absolute Gasteiger partial charge is 0.418 e. The van der Waals surface area contributed by atoms with Gasteiger partial charge in [0.1, 0.15) is 6.04 Å². The molecule has 0 radical (unpaired) electrons. The zero-order valence-corrected chi connectivity index (χ0v) is 12.3. The number of aromatic nitrogens is 2. The number of urea groups is 1. The molecule has 3 rings (SSSR count). The van der Waals surface area contributed by atoms with E-state index < -0.39 is 28.5 Å². The van der Waals surface area contributed by atoms with Gasteiger partial charge in [0, 0.05) is 24.8 Å². The maximum absolute atomic E-state index is 12.3. The van der Waals surface area contributed by atoms with Crippen molar-refractivity contribution in [2.45, 2.75) is 18.6 Å². The Labute approximate surface area is 126 Å². The molecule has 1 aromatic rings. The molecular formula is C10H16N6O5S.